The summed E-state index contributed by atoms with van der Waals surface area (Å²) in [7, 11) is 1.48. The Morgan fingerprint density at radius 3 is 1.18 bits per heavy atom. The molecule has 0 heterocycles. The number of ether oxygens (including phenoxy) is 3. The molecule has 7 nitrogen and oxygen atoms in total. The van der Waals surface area contributed by atoms with Crippen LogP contribution >= 0.6 is 0 Å². The Bertz CT molecular complexity index is 2160. The molecule has 7 heteroatoms. The van der Waals surface area contributed by atoms with Crippen molar-refractivity contribution in [1.82, 2.24) is 0 Å². The third-order valence-corrected chi connectivity index (χ3v) is 9.92. The molecule has 2 aromatic rings. The molecule has 0 unspecified atom stereocenters. The second kappa shape index (κ2) is 39.6. The number of ketones is 2. The van der Waals surface area contributed by atoms with Crippen molar-refractivity contribution in [2.45, 2.75) is 130 Å². The minimum Gasteiger partial charge on any atom is -0.493 e. The Labute approximate surface area is 408 Å². The van der Waals surface area contributed by atoms with Crippen LogP contribution in [0.5, 0.6) is 17.2 Å². The molecular weight excluding hydrogens is 845 g/mol. The fourth-order valence-electron chi connectivity index (χ4n) is 6.24. The molecule has 0 atom stereocenters. The lowest BCUT2D eigenvalue weighted by Gasteiger charge is -2.10. The monoisotopic (exact) mass is 921 g/mol. The molecule has 2 rings (SSSR count). The first-order valence-electron chi connectivity index (χ1n) is 24.4. The van der Waals surface area contributed by atoms with Gasteiger partial charge in [-0.15, -0.1) is 0 Å². The first kappa shape index (κ1) is 57.5. The topological polar surface area (TPSA) is 96.0 Å². The first-order chi connectivity index (χ1) is 33.2. The number of methoxy groups -OCH3 is 1. The Kier molecular flexibility index (Phi) is 33.5. The molecular formula is C61H76O7. The van der Waals surface area contributed by atoms with E-state index in [9.17, 15) is 19.2 Å². The highest BCUT2D eigenvalue weighted by atomic mass is 16.6. The second-order valence-electron chi connectivity index (χ2n) is 15.9. The predicted molar refractivity (Wildman–Crippen MR) is 285 cm³/mol. The van der Waals surface area contributed by atoms with Gasteiger partial charge in [-0.25, -0.2) is 0 Å². The Morgan fingerprint density at radius 1 is 0.441 bits per heavy atom. The van der Waals surface area contributed by atoms with Gasteiger partial charge in [0, 0.05) is 12.8 Å². The number of esters is 2. The molecule has 0 aromatic heterocycles. The van der Waals surface area contributed by atoms with Gasteiger partial charge in [0.15, 0.2) is 23.1 Å². The summed E-state index contributed by atoms with van der Waals surface area (Å²) in [6.45, 7) is 6.12. The SMILES string of the molecule is CCC=CCC=CCC=CCC=CCC=CCCCC(=O)Oc1ccc(C=CC(=O)CC(=O)C=Cc2ccc(OC(=O)CCCC=CCC=CCC=CCC=CCC=CCC)c(OC)c2)cc1C. The van der Waals surface area contributed by atoms with E-state index in [2.05, 4.69) is 135 Å². The summed E-state index contributed by atoms with van der Waals surface area (Å²) in [6.07, 6.45) is 62.0. The first-order valence-corrected chi connectivity index (χ1v) is 24.4. The molecule has 68 heavy (non-hydrogen) atoms. The van der Waals surface area contributed by atoms with Crippen LogP contribution in [0.2, 0.25) is 0 Å². The van der Waals surface area contributed by atoms with E-state index in [1.165, 1.54) is 19.3 Å². The van der Waals surface area contributed by atoms with Crippen LogP contribution in [0.3, 0.4) is 0 Å². The number of aryl methyl sites for hydroxylation is 1. The summed E-state index contributed by atoms with van der Waals surface area (Å²) in [5, 5.41) is 0. The molecule has 2 aromatic carbocycles. The van der Waals surface area contributed by atoms with Crippen LogP contribution in [0.15, 0.2) is 170 Å². The molecule has 0 N–H and O–H groups in total. The molecule has 362 valence electrons. The maximum absolute atomic E-state index is 12.6. The summed E-state index contributed by atoms with van der Waals surface area (Å²) in [4.78, 5) is 50.2. The van der Waals surface area contributed by atoms with Gasteiger partial charge >= 0.3 is 11.9 Å². The number of hydrogen-bond donors (Lipinski definition) is 0. The third-order valence-electron chi connectivity index (χ3n) is 9.92. The van der Waals surface area contributed by atoms with Crippen molar-refractivity contribution in [2.24, 2.45) is 0 Å². The van der Waals surface area contributed by atoms with Gasteiger partial charge in [0.05, 0.1) is 13.5 Å². The van der Waals surface area contributed by atoms with Crippen LogP contribution in [0.1, 0.15) is 140 Å². The number of carbonyl (C=O) groups is 4. The summed E-state index contributed by atoms with van der Waals surface area (Å²) in [5.41, 5.74) is 2.16. The Morgan fingerprint density at radius 2 is 0.794 bits per heavy atom. The van der Waals surface area contributed by atoms with E-state index >= 15 is 0 Å². The minimum atomic E-state index is -0.360. The summed E-state index contributed by atoms with van der Waals surface area (Å²) < 4.78 is 16.6. The molecule has 0 bridgehead atoms. The third kappa shape index (κ3) is 30.6. The van der Waals surface area contributed by atoms with Crippen LogP contribution in [-0.2, 0) is 19.2 Å². The quantitative estimate of drug-likeness (QED) is 0.0170. The zero-order valence-electron chi connectivity index (χ0n) is 41.2. The van der Waals surface area contributed by atoms with Gasteiger partial charge < -0.3 is 14.2 Å². The number of allylic oxidation sites excluding steroid dienone is 22. The summed E-state index contributed by atoms with van der Waals surface area (Å²) in [5.74, 6) is -0.214. The van der Waals surface area contributed by atoms with E-state index in [-0.39, 0.29) is 36.3 Å². The Hall–Kier alpha value is -6.60. The van der Waals surface area contributed by atoms with Crippen molar-refractivity contribution in [2.75, 3.05) is 7.11 Å². The number of unbranched alkanes of at least 4 members (excludes halogenated alkanes) is 2. The molecule has 0 fully saturated rings. The van der Waals surface area contributed by atoms with Crippen LogP contribution in [-0.4, -0.2) is 30.6 Å². The summed E-state index contributed by atoms with van der Waals surface area (Å²) >= 11 is 0. The van der Waals surface area contributed by atoms with Gasteiger partial charge in [-0.3, -0.25) is 19.2 Å². The maximum atomic E-state index is 12.6. The smallest absolute Gasteiger partial charge is 0.311 e. The molecule has 0 radical (unpaired) electrons. The summed E-state index contributed by atoms with van der Waals surface area (Å²) in [6, 6.07) is 10.3. The average molecular weight is 921 g/mol. The van der Waals surface area contributed by atoms with E-state index in [1.807, 2.05) is 13.0 Å². The van der Waals surface area contributed by atoms with E-state index in [1.54, 1.807) is 42.5 Å². The zero-order valence-corrected chi connectivity index (χ0v) is 41.2. The standard InChI is InChI=1S/C61H76O7/c1-5-7-9-11-13-15-17-19-21-23-25-27-29-31-33-35-37-39-60(64)67-57-47-43-53(49-52(57)3)41-45-55(62)51-56(63)46-42-54-44-48-58(59(50-54)66-4)68-61(65)40-38-36-34-32-30-28-26-24-22-20-18-16-14-12-10-8-6-2/h7-10,13-16,19-22,25-28,31-34,41-50H,5-6,11-12,17-18,23-24,29-30,35-40,51H2,1-4H3. The normalized spacial score (nSPS) is 12.6. The van der Waals surface area contributed by atoms with Gasteiger partial charge in [0.2, 0.25) is 0 Å². The van der Waals surface area contributed by atoms with Crippen molar-refractivity contribution >= 4 is 35.7 Å². The number of rotatable bonds is 35. The molecule has 0 aliphatic carbocycles. The fraction of sp³-hybridized carbons (Fsp3) is 0.344. The van der Waals surface area contributed by atoms with Crippen LogP contribution in [0, 0.1) is 6.92 Å². The molecule has 0 saturated heterocycles. The zero-order chi connectivity index (χ0) is 49.1. The van der Waals surface area contributed by atoms with Crippen LogP contribution in [0.25, 0.3) is 12.2 Å². The van der Waals surface area contributed by atoms with E-state index in [0.717, 1.165) is 88.2 Å². The molecule has 0 spiro atoms. The van der Waals surface area contributed by atoms with E-state index in [4.69, 9.17) is 14.2 Å². The van der Waals surface area contributed by atoms with Gasteiger partial charge in [-0.1, -0.05) is 160 Å². The molecule has 0 saturated carbocycles. The minimum absolute atomic E-state index is 0.268. The number of benzene rings is 2. The van der Waals surface area contributed by atoms with Gasteiger partial charge in [0.25, 0.3) is 0 Å². The van der Waals surface area contributed by atoms with Crippen molar-refractivity contribution in [3.63, 3.8) is 0 Å². The van der Waals surface area contributed by atoms with Crippen LogP contribution in [0.4, 0.5) is 0 Å². The Balaban J connectivity index is 1.66. The second-order valence-corrected chi connectivity index (χ2v) is 15.9. The van der Waals surface area contributed by atoms with Gasteiger partial charge in [0.1, 0.15) is 5.75 Å². The van der Waals surface area contributed by atoms with E-state index < -0.39 is 0 Å². The van der Waals surface area contributed by atoms with Crippen molar-refractivity contribution in [3.05, 3.63) is 187 Å². The highest BCUT2D eigenvalue weighted by Crippen LogP contribution is 2.29. The number of hydrogen-bond acceptors (Lipinski definition) is 7. The maximum Gasteiger partial charge on any atom is 0.311 e. The lowest BCUT2D eigenvalue weighted by atomic mass is 10.1. The lowest BCUT2D eigenvalue weighted by molar-refractivity contribution is -0.135. The molecule has 0 amide bonds. The van der Waals surface area contributed by atoms with Crippen LogP contribution < -0.4 is 14.2 Å². The average Bonchev–Trinajstić information content (AvgIpc) is 3.33. The van der Waals surface area contributed by atoms with Crippen molar-refractivity contribution < 1.29 is 33.4 Å². The highest BCUT2D eigenvalue weighted by molar-refractivity contribution is 6.10. The van der Waals surface area contributed by atoms with Crippen molar-refractivity contribution in [3.8, 4) is 17.2 Å². The molecule has 0 aliphatic rings. The predicted octanol–water partition coefficient (Wildman–Crippen LogP) is 15.9. The van der Waals surface area contributed by atoms with Crippen molar-refractivity contribution in [1.29, 1.82) is 0 Å². The highest BCUT2D eigenvalue weighted by Gasteiger charge is 2.11. The molecule has 0 aliphatic heterocycles. The van der Waals surface area contributed by atoms with Gasteiger partial charge in [-0.05, 0) is 150 Å². The van der Waals surface area contributed by atoms with E-state index in [0.29, 0.717) is 42.1 Å². The van der Waals surface area contributed by atoms with Gasteiger partial charge in [-0.2, -0.15) is 0 Å². The number of carbonyl (C=O) groups excluding carboxylic acids is 4. The fourth-order valence-corrected chi connectivity index (χ4v) is 6.24. The lowest BCUT2D eigenvalue weighted by Crippen LogP contribution is -2.08. The largest absolute Gasteiger partial charge is 0.493 e.